The minimum absolute atomic E-state index is 0.384. The molecule has 0 amide bonds. The number of piperazine rings is 1. The number of carbonyl (C=O) groups is 1. The zero-order chi connectivity index (χ0) is 14.5. The SMILES string of the molecule is CCC(Oc1nsnc1N1CCN(C)CC1)C(=O)OC. The first-order chi connectivity index (χ1) is 9.65. The molecule has 1 aliphatic rings. The third-order valence-electron chi connectivity index (χ3n) is 3.33. The number of hydrogen-bond donors (Lipinski definition) is 0. The highest BCUT2D eigenvalue weighted by atomic mass is 32.1. The van der Waals surface area contributed by atoms with Crippen molar-refractivity contribution in [2.24, 2.45) is 0 Å². The van der Waals surface area contributed by atoms with Crippen molar-refractivity contribution >= 4 is 23.5 Å². The van der Waals surface area contributed by atoms with Crippen LogP contribution >= 0.6 is 11.7 Å². The smallest absolute Gasteiger partial charge is 0.347 e. The van der Waals surface area contributed by atoms with Crippen molar-refractivity contribution in [2.45, 2.75) is 19.4 Å². The molecule has 1 unspecified atom stereocenters. The first-order valence-corrected chi connectivity index (χ1v) is 7.39. The lowest BCUT2D eigenvalue weighted by Crippen LogP contribution is -2.44. The van der Waals surface area contributed by atoms with Crippen LogP contribution in [0.3, 0.4) is 0 Å². The Morgan fingerprint density at radius 2 is 2.05 bits per heavy atom. The third kappa shape index (κ3) is 3.37. The number of rotatable bonds is 5. The predicted molar refractivity (Wildman–Crippen MR) is 76.3 cm³/mol. The molecular weight excluding hydrogens is 280 g/mol. The molecule has 8 heteroatoms. The van der Waals surface area contributed by atoms with Gasteiger partial charge in [-0.05, 0) is 13.5 Å². The molecule has 1 fully saturated rings. The van der Waals surface area contributed by atoms with E-state index in [1.54, 1.807) is 0 Å². The molecule has 0 aliphatic carbocycles. The van der Waals surface area contributed by atoms with E-state index in [0.717, 1.165) is 43.7 Å². The number of hydrogen-bond acceptors (Lipinski definition) is 8. The zero-order valence-electron chi connectivity index (χ0n) is 12.0. The van der Waals surface area contributed by atoms with Gasteiger partial charge in [0.05, 0.1) is 18.8 Å². The van der Waals surface area contributed by atoms with E-state index in [1.165, 1.54) is 7.11 Å². The molecule has 0 bridgehead atoms. The molecule has 7 nitrogen and oxygen atoms in total. The van der Waals surface area contributed by atoms with Crippen molar-refractivity contribution in [1.82, 2.24) is 13.6 Å². The van der Waals surface area contributed by atoms with Crippen LogP contribution in [0, 0.1) is 0 Å². The van der Waals surface area contributed by atoms with E-state index in [0.29, 0.717) is 12.3 Å². The van der Waals surface area contributed by atoms with Gasteiger partial charge in [0.25, 0.3) is 5.88 Å². The molecule has 1 aromatic rings. The first-order valence-electron chi connectivity index (χ1n) is 6.66. The second-order valence-corrected chi connectivity index (χ2v) is 5.25. The maximum Gasteiger partial charge on any atom is 0.347 e. The molecule has 2 heterocycles. The number of methoxy groups -OCH3 is 1. The normalized spacial score (nSPS) is 17.9. The second-order valence-electron chi connectivity index (χ2n) is 4.72. The van der Waals surface area contributed by atoms with E-state index in [2.05, 4.69) is 25.6 Å². The van der Waals surface area contributed by atoms with E-state index in [1.807, 2.05) is 6.92 Å². The van der Waals surface area contributed by atoms with Gasteiger partial charge in [-0.1, -0.05) is 6.92 Å². The molecule has 2 rings (SSSR count). The van der Waals surface area contributed by atoms with Crippen molar-refractivity contribution < 1.29 is 14.3 Å². The molecular formula is C12H20N4O3S. The van der Waals surface area contributed by atoms with Crippen LogP contribution < -0.4 is 9.64 Å². The highest BCUT2D eigenvalue weighted by Gasteiger charge is 2.26. The van der Waals surface area contributed by atoms with Crippen molar-refractivity contribution in [3.63, 3.8) is 0 Å². The maximum absolute atomic E-state index is 11.6. The summed E-state index contributed by atoms with van der Waals surface area (Å²) in [7, 11) is 3.45. The lowest BCUT2D eigenvalue weighted by molar-refractivity contribution is -0.149. The highest BCUT2D eigenvalue weighted by Crippen LogP contribution is 2.27. The number of ether oxygens (including phenoxy) is 2. The quantitative estimate of drug-likeness (QED) is 0.738. The average Bonchev–Trinajstić information content (AvgIpc) is 2.93. The fourth-order valence-corrected chi connectivity index (χ4v) is 2.54. The van der Waals surface area contributed by atoms with E-state index < -0.39 is 6.10 Å². The van der Waals surface area contributed by atoms with Crippen molar-refractivity contribution in [3.05, 3.63) is 0 Å². The molecule has 112 valence electrons. The topological polar surface area (TPSA) is 67.8 Å². The number of anilines is 1. The summed E-state index contributed by atoms with van der Waals surface area (Å²) in [5.74, 6) is 0.770. The maximum atomic E-state index is 11.6. The van der Waals surface area contributed by atoms with Gasteiger partial charge in [0.2, 0.25) is 5.82 Å². The molecule has 0 N–H and O–H groups in total. The molecule has 1 saturated heterocycles. The summed E-state index contributed by atoms with van der Waals surface area (Å²) in [5, 5.41) is 0. The number of likely N-dealkylation sites (N-methyl/N-ethyl adjacent to an activating group) is 1. The van der Waals surface area contributed by atoms with Crippen LogP contribution in [0.1, 0.15) is 13.3 Å². The summed E-state index contributed by atoms with van der Waals surface area (Å²) >= 11 is 1.10. The highest BCUT2D eigenvalue weighted by molar-refractivity contribution is 6.99. The minimum Gasteiger partial charge on any atom is -0.466 e. The van der Waals surface area contributed by atoms with Crippen LogP contribution in [-0.4, -0.2) is 66.1 Å². The summed E-state index contributed by atoms with van der Waals surface area (Å²) < 4.78 is 18.9. The number of nitrogens with zero attached hydrogens (tertiary/aromatic N) is 4. The van der Waals surface area contributed by atoms with Gasteiger partial charge >= 0.3 is 5.97 Å². The minimum atomic E-state index is -0.630. The van der Waals surface area contributed by atoms with Crippen molar-refractivity contribution in [2.75, 3.05) is 45.2 Å². The van der Waals surface area contributed by atoms with Gasteiger partial charge < -0.3 is 19.3 Å². The molecule has 0 radical (unpaired) electrons. The molecule has 1 aliphatic heterocycles. The van der Waals surface area contributed by atoms with E-state index in [4.69, 9.17) is 9.47 Å². The molecule has 0 saturated carbocycles. The zero-order valence-corrected chi connectivity index (χ0v) is 12.9. The first kappa shape index (κ1) is 15.0. The van der Waals surface area contributed by atoms with Crippen LogP contribution in [0.15, 0.2) is 0 Å². The van der Waals surface area contributed by atoms with Gasteiger partial charge in [0, 0.05) is 26.2 Å². The summed E-state index contributed by atoms with van der Waals surface area (Å²) in [6.45, 7) is 5.59. The van der Waals surface area contributed by atoms with Gasteiger partial charge in [-0.2, -0.15) is 4.37 Å². The number of aromatic nitrogens is 2. The van der Waals surface area contributed by atoms with Crippen molar-refractivity contribution in [3.8, 4) is 5.88 Å². The average molecular weight is 300 g/mol. The Morgan fingerprint density at radius 3 is 2.65 bits per heavy atom. The molecule has 0 aromatic carbocycles. The number of esters is 1. The van der Waals surface area contributed by atoms with Crippen LogP contribution in [0.25, 0.3) is 0 Å². The molecule has 0 spiro atoms. The predicted octanol–water partition coefficient (Wildman–Crippen LogP) is 0.620. The second kappa shape index (κ2) is 6.85. The summed E-state index contributed by atoms with van der Waals surface area (Å²) in [6, 6.07) is 0. The fourth-order valence-electron chi connectivity index (χ4n) is 2.03. The molecule has 1 aromatic heterocycles. The third-order valence-corrected chi connectivity index (χ3v) is 3.84. The van der Waals surface area contributed by atoms with Crippen LogP contribution in [0.4, 0.5) is 5.82 Å². The summed E-state index contributed by atoms with van der Waals surface area (Å²) in [4.78, 5) is 16.0. The Bertz CT molecular complexity index is 446. The van der Waals surface area contributed by atoms with Crippen LogP contribution in [0.5, 0.6) is 5.88 Å². The lowest BCUT2D eigenvalue weighted by Gasteiger charge is -2.32. The van der Waals surface area contributed by atoms with Gasteiger partial charge in [-0.15, -0.1) is 4.37 Å². The Hall–Kier alpha value is -1.41. The summed E-state index contributed by atoms with van der Waals surface area (Å²) in [5.41, 5.74) is 0. The Labute approximate surface area is 122 Å². The van der Waals surface area contributed by atoms with Gasteiger partial charge in [0.1, 0.15) is 0 Å². The van der Waals surface area contributed by atoms with E-state index in [-0.39, 0.29) is 5.97 Å². The van der Waals surface area contributed by atoms with Gasteiger partial charge in [-0.25, -0.2) is 4.79 Å². The largest absolute Gasteiger partial charge is 0.466 e. The molecule has 1 atom stereocenters. The molecule has 20 heavy (non-hydrogen) atoms. The standard InChI is InChI=1S/C12H20N4O3S/c1-4-9(12(17)18-3)19-11-10(13-20-14-11)16-7-5-15(2)6-8-16/h9H,4-8H2,1-3H3. The Kier molecular flexibility index (Phi) is 5.13. The fraction of sp³-hybridized carbons (Fsp3) is 0.750. The van der Waals surface area contributed by atoms with Crippen molar-refractivity contribution in [1.29, 1.82) is 0 Å². The number of carbonyl (C=O) groups excluding carboxylic acids is 1. The Morgan fingerprint density at radius 1 is 1.35 bits per heavy atom. The van der Waals surface area contributed by atoms with Gasteiger partial charge in [-0.3, -0.25) is 0 Å². The van der Waals surface area contributed by atoms with Crippen LogP contribution in [0.2, 0.25) is 0 Å². The summed E-state index contributed by atoms with van der Waals surface area (Å²) in [6.07, 6.45) is -0.0954. The Balaban J connectivity index is 2.06. The monoisotopic (exact) mass is 300 g/mol. The van der Waals surface area contributed by atoms with Crippen LogP contribution in [-0.2, 0) is 9.53 Å². The lowest BCUT2D eigenvalue weighted by atomic mass is 10.3. The van der Waals surface area contributed by atoms with Gasteiger partial charge in [0.15, 0.2) is 6.10 Å². The van der Waals surface area contributed by atoms with E-state index in [9.17, 15) is 4.79 Å². The van der Waals surface area contributed by atoms with E-state index >= 15 is 0 Å².